The van der Waals surface area contributed by atoms with Gasteiger partial charge < -0.3 is 0 Å². The van der Waals surface area contributed by atoms with Crippen LogP contribution in [0.4, 0.5) is 0 Å². The molecule has 0 bridgehead atoms. The Balaban J connectivity index is 2.07. The molecule has 0 spiro atoms. The number of hydrogen-bond donors (Lipinski definition) is 0. The highest BCUT2D eigenvalue weighted by Crippen LogP contribution is 2.40. The monoisotopic (exact) mass is 260 g/mol. The molecule has 0 radical (unpaired) electrons. The van der Waals surface area contributed by atoms with Crippen molar-refractivity contribution in [2.75, 3.05) is 0 Å². The van der Waals surface area contributed by atoms with Crippen LogP contribution in [-0.4, -0.2) is 0 Å². The van der Waals surface area contributed by atoms with E-state index in [-0.39, 0.29) is 0 Å². The van der Waals surface area contributed by atoms with Gasteiger partial charge in [-0.05, 0) is 48.6 Å². The van der Waals surface area contributed by atoms with Crippen LogP contribution in [0.2, 0.25) is 0 Å². The van der Waals surface area contributed by atoms with Crippen molar-refractivity contribution in [3.8, 4) is 0 Å². The van der Waals surface area contributed by atoms with Gasteiger partial charge in [-0.3, -0.25) is 0 Å². The van der Waals surface area contributed by atoms with Gasteiger partial charge in [-0.25, -0.2) is 0 Å². The average Bonchev–Trinajstić information content (AvgIpc) is 2.87. The Bertz CT molecular complexity index is 664. The van der Waals surface area contributed by atoms with Gasteiger partial charge >= 0.3 is 0 Å². The third kappa shape index (κ3) is 2.22. The molecular weight excluding hydrogens is 240 g/mol. The van der Waals surface area contributed by atoms with E-state index in [1.54, 1.807) is 0 Å². The van der Waals surface area contributed by atoms with Crippen LogP contribution in [0.5, 0.6) is 0 Å². The van der Waals surface area contributed by atoms with E-state index in [2.05, 4.69) is 81.5 Å². The van der Waals surface area contributed by atoms with Crippen LogP contribution in [0.1, 0.15) is 33.7 Å². The van der Waals surface area contributed by atoms with Crippen LogP contribution in [0.3, 0.4) is 0 Å². The van der Waals surface area contributed by atoms with Crippen molar-refractivity contribution in [3.63, 3.8) is 0 Å². The van der Waals surface area contributed by atoms with Crippen molar-refractivity contribution in [3.05, 3.63) is 88.5 Å². The van der Waals surface area contributed by atoms with E-state index in [1.165, 1.54) is 33.4 Å². The maximum absolute atomic E-state index is 2.31. The second-order valence-electron chi connectivity index (χ2n) is 5.66. The lowest BCUT2D eigenvalue weighted by atomic mass is 9.84. The summed E-state index contributed by atoms with van der Waals surface area (Å²) in [4.78, 5) is 0. The Kier molecular flexibility index (Phi) is 3.31. The number of hydrogen-bond acceptors (Lipinski definition) is 0. The molecule has 0 aliphatic heterocycles. The topological polar surface area (TPSA) is 0 Å². The summed E-state index contributed by atoms with van der Waals surface area (Å²) in [5, 5.41) is 0. The van der Waals surface area contributed by atoms with Crippen LogP contribution < -0.4 is 0 Å². The molecule has 1 aliphatic rings. The minimum Gasteiger partial charge on any atom is -0.0726 e. The number of benzene rings is 2. The highest BCUT2D eigenvalue weighted by atomic mass is 14.2. The predicted octanol–water partition coefficient (Wildman–Crippen LogP) is 5.35. The lowest BCUT2D eigenvalue weighted by Gasteiger charge is -2.20. The van der Waals surface area contributed by atoms with Gasteiger partial charge in [0.2, 0.25) is 0 Å². The van der Waals surface area contributed by atoms with Crippen LogP contribution in [0.15, 0.2) is 60.7 Å². The molecular formula is C20H20. The van der Waals surface area contributed by atoms with Gasteiger partial charge in [0, 0.05) is 5.92 Å². The summed E-state index contributed by atoms with van der Waals surface area (Å²) in [6.07, 6.45) is 6.75. The fourth-order valence-corrected chi connectivity index (χ4v) is 3.32. The van der Waals surface area contributed by atoms with Crippen LogP contribution in [0.25, 0.3) is 5.57 Å². The zero-order chi connectivity index (χ0) is 14.1. The van der Waals surface area contributed by atoms with Crippen molar-refractivity contribution in [2.24, 2.45) is 0 Å². The summed E-state index contributed by atoms with van der Waals surface area (Å²) in [5.74, 6) is 0.387. The first kappa shape index (κ1) is 12.9. The average molecular weight is 260 g/mol. The van der Waals surface area contributed by atoms with Gasteiger partial charge in [0.1, 0.15) is 0 Å². The van der Waals surface area contributed by atoms with Crippen LogP contribution in [0, 0.1) is 20.8 Å². The number of allylic oxidation sites excluding steroid dienone is 4. The molecule has 0 aromatic heterocycles. The summed E-state index contributed by atoms with van der Waals surface area (Å²) in [7, 11) is 0. The Hall–Kier alpha value is -2.08. The van der Waals surface area contributed by atoms with Crippen LogP contribution in [-0.2, 0) is 0 Å². The molecule has 0 heterocycles. The van der Waals surface area contributed by atoms with Crippen molar-refractivity contribution in [1.29, 1.82) is 0 Å². The summed E-state index contributed by atoms with van der Waals surface area (Å²) >= 11 is 0. The fraction of sp³-hybridized carbons (Fsp3) is 0.200. The molecule has 1 aliphatic carbocycles. The lowest BCUT2D eigenvalue weighted by Crippen LogP contribution is -2.03. The van der Waals surface area contributed by atoms with E-state index in [9.17, 15) is 0 Å². The van der Waals surface area contributed by atoms with E-state index in [0.29, 0.717) is 5.92 Å². The van der Waals surface area contributed by atoms with Gasteiger partial charge in [0.05, 0.1) is 0 Å². The smallest absolute Gasteiger partial charge is 0.0283 e. The summed E-state index contributed by atoms with van der Waals surface area (Å²) in [6.45, 7) is 6.62. The molecule has 0 fully saturated rings. The second kappa shape index (κ2) is 5.13. The standard InChI is InChI=1S/C20H20/c1-14-12-15(2)20(16(3)13-14)19-11-7-10-18(19)17-8-5-4-6-9-17/h4-13,19H,1-3H3. The zero-order valence-electron chi connectivity index (χ0n) is 12.4. The molecule has 3 rings (SSSR count). The summed E-state index contributed by atoms with van der Waals surface area (Å²) in [5.41, 5.74) is 8.31. The first-order valence-corrected chi connectivity index (χ1v) is 7.18. The van der Waals surface area contributed by atoms with E-state index < -0.39 is 0 Å². The minimum atomic E-state index is 0.387. The van der Waals surface area contributed by atoms with Crippen LogP contribution >= 0.6 is 0 Å². The van der Waals surface area contributed by atoms with Gasteiger partial charge in [0.15, 0.2) is 0 Å². The molecule has 0 saturated heterocycles. The number of aryl methyl sites for hydroxylation is 3. The third-order valence-corrected chi connectivity index (χ3v) is 4.07. The zero-order valence-corrected chi connectivity index (χ0v) is 12.4. The first-order valence-electron chi connectivity index (χ1n) is 7.18. The van der Waals surface area contributed by atoms with Gasteiger partial charge in [0.25, 0.3) is 0 Å². The maximum Gasteiger partial charge on any atom is 0.0283 e. The fourth-order valence-electron chi connectivity index (χ4n) is 3.32. The maximum atomic E-state index is 2.31. The van der Waals surface area contributed by atoms with Crippen molar-refractivity contribution >= 4 is 5.57 Å². The van der Waals surface area contributed by atoms with Gasteiger partial charge in [-0.15, -0.1) is 0 Å². The van der Waals surface area contributed by atoms with Crippen molar-refractivity contribution in [1.82, 2.24) is 0 Å². The molecule has 0 N–H and O–H groups in total. The Morgan fingerprint density at radius 3 is 2.15 bits per heavy atom. The second-order valence-corrected chi connectivity index (χ2v) is 5.66. The van der Waals surface area contributed by atoms with Gasteiger partial charge in [-0.2, -0.15) is 0 Å². The van der Waals surface area contributed by atoms with E-state index in [4.69, 9.17) is 0 Å². The minimum absolute atomic E-state index is 0.387. The quantitative estimate of drug-likeness (QED) is 0.683. The molecule has 100 valence electrons. The molecule has 2 aromatic carbocycles. The molecule has 1 atom stereocenters. The third-order valence-electron chi connectivity index (χ3n) is 4.07. The van der Waals surface area contributed by atoms with E-state index in [0.717, 1.165) is 0 Å². The van der Waals surface area contributed by atoms with Crippen molar-refractivity contribution in [2.45, 2.75) is 26.7 Å². The molecule has 0 nitrogen and oxygen atoms in total. The highest BCUT2D eigenvalue weighted by Gasteiger charge is 2.21. The molecule has 0 amide bonds. The van der Waals surface area contributed by atoms with E-state index >= 15 is 0 Å². The molecule has 0 heteroatoms. The Morgan fingerprint density at radius 2 is 1.50 bits per heavy atom. The van der Waals surface area contributed by atoms with E-state index in [1.807, 2.05) is 0 Å². The highest BCUT2D eigenvalue weighted by molar-refractivity contribution is 5.78. The molecule has 2 aromatic rings. The normalized spacial score (nSPS) is 17.4. The first-order chi connectivity index (χ1) is 9.66. The lowest BCUT2D eigenvalue weighted by molar-refractivity contribution is 1.06. The largest absolute Gasteiger partial charge is 0.0726 e. The summed E-state index contributed by atoms with van der Waals surface area (Å²) in [6, 6.07) is 15.3. The predicted molar refractivity (Wildman–Crippen MR) is 87.0 cm³/mol. The molecule has 0 saturated carbocycles. The molecule has 20 heavy (non-hydrogen) atoms. The Labute approximate surface area is 121 Å². The summed E-state index contributed by atoms with van der Waals surface area (Å²) < 4.78 is 0. The molecule has 1 unspecified atom stereocenters. The Morgan fingerprint density at radius 1 is 0.850 bits per heavy atom. The number of rotatable bonds is 2. The SMILES string of the molecule is Cc1cc(C)c(C2C=CC=C2c2ccccc2)c(C)c1. The van der Waals surface area contributed by atoms with Crippen molar-refractivity contribution < 1.29 is 0 Å². The van der Waals surface area contributed by atoms with Gasteiger partial charge in [-0.1, -0.05) is 66.3 Å².